The summed E-state index contributed by atoms with van der Waals surface area (Å²) >= 11 is 0. The van der Waals surface area contributed by atoms with E-state index in [0.29, 0.717) is 12.0 Å². The van der Waals surface area contributed by atoms with Crippen LogP contribution in [-0.2, 0) is 12.8 Å². The molecule has 4 heteroatoms. The maximum Gasteiger partial charge on any atom is 0.224 e. The van der Waals surface area contributed by atoms with Crippen LogP contribution in [0.25, 0.3) is 0 Å². The molecule has 3 rings (SSSR count). The summed E-state index contributed by atoms with van der Waals surface area (Å²) in [6.45, 7) is 4.92. The minimum Gasteiger partial charge on any atom is -0.366 e. The molecule has 0 bridgehead atoms. The van der Waals surface area contributed by atoms with Crippen molar-refractivity contribution in [3.8, 4) is 0 Å². The van der Waals surface area contributed by atoms with E-state index in [4.69, 9.17) is 0 Å². The number of rotatable bonds is 4. The van der Waals surface area contributed by atoms with Gasteiger partial charge in [-0.25, -0.2) is 4.98 Å². The molecule has 0 spiro atoms. The first-order chi connectivity index (χ1) is 9.76. The van der Waals surface area contributed by atoms with Gasteiger partial charge in [0.25, 0.3) is 0 Å². The first-order valence-corrected chi connectivity index (χ1v) is 7.17. The largest absolute Gasteiger partial charge is 0.366 e. The summed E-state index contributed by atoms with van der Waals surface area (Å²) in [7, 11) is 0. The van der Waals surface area contributed by atoms with Crippen molar-refractivity contribution in [3.63, 3.8) is 0 Å². The van der Waals surface area contributed by atoms with Crippen molar-refractivity contribution in [2.75, 3.05) is 17.2 Å². The molecule has 0 fully saturated rings. The molecular formula is C16H20N4. The molecular weight excluding hydrogens is 248 g/mol. The van der Waals surface area contributed by atoms with E-state index in [-0.39, 0.29) is 0 Å². The van der Waals surface area contributed by atoms with E-state index in [9.17, 15) is 0 Å². The first kappa shape index (κ1) is 12.9. The third-order valence-corrected chi connectivity index (χ3v) is 3.70. The molecule has 0 saturated heterocycles. The predicted molar refractivity (Wildman–Crippen MR) is 82.2 cm³/mol. The lowest BCUT2D eigenvalue weighted by molar-refractivity contribution is 0.766. The molecule has 2 aromatic rings. The normalized spacial score (nSPS) is 14.1. The summed E-state index contributed by atoms with van der Waals surface area (Å²) < 4.78 is 0. The van der Waals surface area contributed by atoms with E-state index in [1.165, 1.54) is 11.1 Å². The van der Waals surface area contributed by atoms with Crippen molar-refractivity contribution < 1.29 is 0 Å². The van der Waals surface area contributed by atoms with E-state index < -0.39 is 0 Å². The highest BCUT2D eigenvalue weighted by molar-refractivity contribution is 5.49. The van der Waals surface area contributed by atoms with Gasteiger partial charge in [0.1, 0.15) is 5.82 Å². The van der Waals surface area contributed by atoms with Crippen LogP contribution in [0, 0.1) is 6.92 Å². The summed E-state index contributed by atoms with van der Waals surface area (Å²) in [6.07, 6.45) is 4.00. The van der Waals surface area contributed by atoms with Crippen molar-refractivity contribution in [3.05, 3.63) is 47.2 Å². The summed E-state index contributed by atoms with van der Waals surface area (Å²) in [6, 6.07) is 9.08. The Kier molecular flexibility index (Phi) is 3.54. The molecule has 1 aliphatic carbocycles. The number of anilines is 2. The number of nitrogens with one attached hydrogen (secondary N) is 2. The Morgan fingerprint density at radius 1 is 1.20 bits per heavy atom. The average Bonchev–Trinajstić information content (AvgIpc) is 2.85. The zero-order chi connectivity index (χ0) is 13.9. The van der Waals surface area contributed by atoms with Gasteiger partial charge >= 0.3 is 0 Å². The van der Waals surface area contributed by atoms with Crippen LogP contribution in [0.4, 0.5) is 11.8 Å². The molecule has 0 unspecified atom stereocenters. The fourth-order valence-electron chi connectivity index (χ4n) is 2.69. The molecule has 1 aromatic heterocycles. The number of aryl methyl sites for hydroxylation is 1. The van der Waals surface area contributed by atoms with Gasteiger partial charge in [-0.15, -0.1) is 0 Å². The Morgan fingerprint density at radius 3 is 2.55 bits per heavy atom. The third-order valence-electron chi connectivity index (χ3n) is 3.70. The summed E-state index contributed by atoms with van der Waals surface area (Å²) in [5, 5.41) is 6.72. The van der Waals surface area contributed by atoms with Crippen LogP contribution < -0.4 is 10.6 Å². The highest BCUT2D eigenvalue weighted by atomic mass is 15.1. The van der Waals surface area contributed by atoms with Gasteiger partial charge < -0.3 is 10.6 Å². The number of fused-ring (bicyclic) bond motifs is 1. The van der Waals surface area contributed by atoms with Gasteiger partial charge in [-0.3, -0.25) is 0 Å². The number of benzene rings is 1. The second-order valence-corrected chi connectivity index (χ2v) is 5.27. The van der Waals surface area contributed by atoms with Crippen molar-refractivity contribution in [1.82, 2.24) is 9.97 Å². The van der Waals surface area contributed by atoms with Crippen LogP contribution >= 0.6 is 0 Å². The molecule has 0 atom stereocenters. The quantitative estimate of drug-likeness (QED) is 0.895. The highest BCUT2D eigenvalue weighted by Crippen LogP contribution is 2.25. The van der Waals surface area contributed by atoms with Gasteiger partial charge in [0, 0.05) is 24.3 Å². The Bertz CT molecular complexity index is 584. The molecule has 0 aliphatic heterocycles. The SMILES string of the molecule is CCNc1ncc(C)c(NC2Cc3ccccc3C2)n1. The number of hydrogen-bond acceptors (Lipinski definition) is 4. The molecule has 1 aromatic carbocycles. The van der Waals surface area contributed by atoms with Crippen LogP contribution in [0.15, 0.2) is 30.5 Å². The van der Waals surface area contributed by atoms with Crippen LogP contribution in [0.5, 0.6) is 0 Å². The Labute approximate surface area is 119 Å². The molecule has 2 N–H and O–H groups in total. The standard InChI is InChI=1S/C16H20N4/c1-3-17-16-18-10-11(2)15(20-16)19-14-8-12-6-4-5-7-13(12)9-14/h4-7,10,14H,3,8-9H2,1-2H3,(H2,17,18,19,20). The Balaban J connectivity index is 1.74. The maximum absolute atomic E-state index is 4.55. The van der Waals surface area contributed by atoms with Gasteiger partial charge in [0.15, 0.2) is 0 Å². The summed E-state index contributed by atoms with van der Waals surface area (Å²) in [4.78, 5) is 8.84. The molecule has 20 heavy (non-hydrogen) atoms. The zero-order valence-corrected chi connectivity index (χ0v) is 12.0. The number of hydrogen-bond donors (Lipinski definition) is 2. The molecule has 4 nitrogen and oxygen atoms in total. The van der Waals surface area contributed by atoms with Gasteiger partial charge in [-0.05, 0) is 37.8 Å². The van der Waals surface area contributed by atoms with Crippen molar-refractivity contribution in [1.29, 1.82) is 0 Å². The summed E-state index contributed by atoms with van der Waals surface area (Å²) in [5.74, 6) is 1.63. The minimum absolute atomic E-state index is 0.426. The second-order valence-electron chi connectivity index (χ2n) is 5.27. The van der Waals surface area contributed by atoms with Crippen LogP contribution in [0.1, 0.15) is 23.6 Å². The van der Waals surface area contributed by atoms with Crippen LogP contribution in [-0.4, -0.2) is 22.6 Å². The molecule has 0 radical (unpaired) electrons. The molecule has 0 saturated carbocycles. The smallest absolute Gasteiger partial charge is 0.224 e. The average molecular weight is 268 g/mol. The molecule has 1 heterocycles. The van der Waals surface area contributed by atoms with E-state index in [2.05, 4.69) is 44.9 Å². The third kappa shape index (κ3) is 2.59. The predicted octanol–water partition coefficient (Wildman–Crippen LogP) is 2.80. The van der Waals surface area contributed by atoms with Crippen molar-refractivity contribution in [2.45, 2.75) is 32.7 Å². The van der Waals surface area contributed by atoms with E-state index >= 15 is 0 Å². The fraction of sp³-hybridized carbons (Fsp3) is 0.375. The van der Waals surface area contributed by atoms with Crippen molar-refractivity contribution >= 4 is 11.8 Å². The first-order valence-electron chi connectivity index (χ1n) is 7.17. The molecule has 0 amide bonds. The Morgan fingerprint density at radius 2 is 1.90 bits per heavy atom. The lowest BCUT2D eigenvalue weighted by Gasteiger charge is -2.15. The number of nitrogens with zero attached hydrogens (tertiary/aromatic N) is 2. The van der Waals surface area contributed by atoms with E-state index in [1.807, 2.05) is 20.0 Å². The van der Waals surface area contributed by atoms with Gasteiger partial charge in [0.2, 0.25) is 5.95 Å². The second kappa shape index (κ2) is 5.49. The fourth-order valence-corrected chi connectivity index (χ4v) is 2.69. The topological polar surface area (TPSA) is 49.8 Å². The van der Waals surface area contributed by atoms with E-state index in [1.54, 1.807) is 0 Å². The van der Waals surface area contributed by atoms with Gasteiger partial charge in [0.05, 0.1) is 0 Å². The van der Waals surface area contributed by atoms with Gasteiger partial charge in [-0.1, -0.05) is 24.3 Å². The van der Waals surface area contributed by atoms with Gasteiger partial charge in [-0.2, -0.15) is 4.98 Å². The van der Waals surface area contributed by atoms with Crippen molar-refractivity contribution in [2.24, 2.45) is 0 Å². The zero-order valence-electron chi connectivity index (χ0n) is 12.0. The van der Waals surface area contributed by atoms with Crippen LogP contribution in [0.3, 0.4) is 0 Å². The lowest BCUT2D eigenvalue weighted by Crippen LogP contribution is -2.21. The minimum atomic E-state index is 0.426. The number of aromatic nitrogens is 2. The highest BCUT2D eigenvalue weighted by Gasteiger charge is 2.21. The monoisotopic (exact) mass is 268 g/mol. The lowest BCUT2D eigenvalue weighted by atomic mass is 10.1. The molecule has 1 aliphatic rings. The van der Waals surface area contributed by atoms with E-state index in [0.717, 1.165) is 30.8 Å². The Hall–Kier alpha value is -2.10. The molecule has 104 valence electrons. The van der Waals surface area contributed by atoms with Crippen LogP contribution in [0.2, 0.25) is 0 Å². The maximum atomic E-state index is 4.55. The summed E-state index contributed by atoms with van der Waals surface area (Å²) in [5.41, 5.74) is 3.98.